The topological polar surface area (TPSA) is 17.1 Å². The summed E-state index contributed by atoms with van der Waals surface area (Å²) in [5.74, 6) is -0.514. The highest BCUT2D eigenvalue weighted by atomic mass is 35.5. The molecular weight excluding hydrogens is 271 g/mol. The molecule has 0 aliphatic carbocycles. The number of carbonyl (C=O) groups is 1. The second kappa shape index (κ2) is 5.55. The molecule has 0 saturated carbocycles. The van der Waals surface area contributed by atoms with E-state index in [4.69, 9.17) is 11.6 Å². The van der Waals surface area contributed by atoms with E-state index < -0.39 is 5.82 Å². The molecule has 0 heterocycles. The van der Waals surface area contributed by atoms with Crippen LogP contribution in [0.3, 0.4) is 0 Å². The highest BCUT2D eigenvalue weighted by Crippen LogP contribution is 2.22. The average Bonchev–Trinajstić information content (AvgIpc) is 2.38. The van der Waals surface area contributed by atoms with Gasteiger partial charge >= 0.3 is 0 Å². The molecule has 0 amide bonds. The molecule has 0 atom stereocenters. The van der Waals surface area contributed by atoms with Crippen LogP contribution >= 0.6 is 24.2 Å². The summed E-state index contributed by atoms with van der Waals surface area (Å²) >= 11 is 10.0. The minimum atomic E-state index is -0.535. The predicted molar refractivity (Wildman–Crippen MR) is 74.0 cm³/mol. The highest BCUT2D eigenvalue weighted by Gasteiger charge is 2.16. The molecule has 0 saturated heterocycles. The van der Waals surface area contributed by atoms with Crippen LogP contribution in [0.4, 0.5) is 4.39 Å². The van der Waals surface area contributed by atoms with Gasteiger partial charge in [-0.1, -0.05) is 29.8 Å². The Bertz CT molecular complexity index is 598. The van der Waals surface area contributed by atoms with Gasteiger partial charge in [-0.15, -0.1) is 0 Å². The second-order valence-electron chi connectivity index (χ2n) is 3.77. The maximum absolute atomic E-state index is 13.6. The smallest absolute Gasteiger partial charge is 0.196 e. The fourth-order valence-corrected chi connectivity index (χ4v) is 2.14. The van der Waals surface area contributed by atoms with Gasteiger partial charge in [0.2, 0.25) is 0 Å². The molecule has 0 aliphatic rings. The number of hydrogen-bond acceptors (Lipinski definition) is 2. The quantitative estimate of drug-likeness (QED) is 0.660. The molecule has 92 valence electrons. The van der Waals surface area contributed by atoms with E-state index in [0.717, 1.165) is 5.56 Å². The number of ketones is 1. The van der Waals surface area contributed by atoms with Gasteiger partial charge in [0.05, 0.1) is 5.56 Å². The Morgan fingerprint density at radius 2 is 1.89 bits per heavy atom. The molecule has 0 aliphatic heterocycles. The zero-order valence-corrected chi connectivity index (χ0v) is 11.0. The molecule has 4 heteroatoms. The summed E-state index contributed by atoms with van der Waals surface area (Å²) in [4.78, 5) is 12.3. The molecule has 0 N–H and O–H groups in total. The van der Waals surface area contributed by atoms with E-state index in [9.17, 15) is 9.18 Å². The van der Waals surface area contributed by atoms with Crippen LogP contribution in [-0.4, -0.2) is 5.78 Å². The fraction of sp³-hybridized carbons (Fsp3) is 0.0714. The van der Waals surface area contributed by atoms with Crippen LogP contribution in [0.1, 0.15) is 21.5 Å². The first-order chi connectivity index (χ1) is 8.63. The summed E-state index contributed by atoms with van der Waals surface area (Å²) in [6.07, 6.45) is 0. The van der Waals surface area contributed by atoms with Crippen LogP contribution < -0.4 is 0 Å². The first kappa shape index (κ1) is 13.1. The lowest BCUT2D eigenvalue weighted by Crippen LogP contribution is -2.07. The van der Waals surface area contributed by atoms with Crippen LogP contribution in [0.25, 0.3) is 0 Å². The zero-order valence-electron chi connectivity index (χ0n) is 9.36. The van der Waals surface area contributed by atoms with Crippen LogP contribution in [0.2, 0.25) is 5.02 Å². The van der Waals surface area contributed by atoms with E-state index in [1.807, 2.05) is 0 Å². The lowest BCUT2D eigenvalue weighted by molar-refractivity contribution is 0.103. The average molecular weight is 281 g/mol. The van der Waals surface area contributed by atoms with E-state index in [1.165, 1.54) is 12.1 Å². The van der Waals surface area contributed by atoms with Crippen molar-refractivity contribution in [3.8, 4) is 0 Å². The van der Waals surface area contributed by atoms with Gasteiger partial charge in [0, 0.05) is 16.3 Å². The van der Waals surface area contributed by atoms with Crippen molar-refractivity contribution >= 4 is 30.0 Å². The summed E-state index contributed by atoms with van der Waals surface area (Å²) in [6, 6.07) is 10.8. The van der Waals surface area contributed by atoms with Gasteiger partial charge < -0.3 is 0 Å². The van der Waals surface area contributed by atoms with Crippen LogP contribution in [-0.2, 0) is 5.75 Å². The molecule has 0 radical (unpaired) electrons. The minimum Gasteiger partial charge on any atom is -0.288 e. The number of halogens is 2. The maximum atomic E-state index is 13.6. The van der Waals surface area contributed by atoms with Gasteiger partial charge in [-0.2, -0.15) is 12.6 Å². The summed E-state index contributed by atoms with van der Waals surface area (Å²) in [5.41, 5.74) is 1.17. The zero-order chi connectivity index (χ0) is 13.1. The third-order valence-electron chi connectivity index (χ3n) is 2.61. The van der Waals surface area contributed by atoms with E-state index in [2.05, 4.69) is 12.6 Å². The number of benzene rings is 2. The normalized spacial score (nSPS) is 10.4. The highest BCUT2D eigenvalue weighted by molar-refractivity contribution is 7.79. The number of carbonyl (C=O) groups excluding carboxylic acids is 1. The van der Waals surface area contributed by atoms with Crippen LogP contribution in [0.5, 0.6) is 0 Å². The van der Waals surface area contributed by atoms with Crippen molar-refractivity contribution in [1.82, 2.24) is 0 Å². The maximum Gasteiger partial charge on any atom is 0.196 e. The van der Waals surface area contributed by atoms with Gasteiger partial charge in [0.25, 0.3) is 0 Å². The molecular formula is C14H10ClFOS. The fourth-order valence-electron chi connectivity index (χ4n) is 1.69. The Morgan fingerprint density at radius 3 is 2.56 bits per heavy atom. The van der Waals surface area contributed by atoms with Crippen molar-refractivity contribution in [3.05, 3.63) is 70.0 Å². The van der Waals surface area contributed by atoms with E-state index in [0.29, 0.717) is 16.3 Å². The lowest BCUT2D eigenvalue weighted by atomic mass is 9.99. The minimum absolute atomic E-state index is 0.0443. The first-order valence-electron chi connectivity index (χ1n) is 5.32. The number of rotatable bonds is 3. The molecule has 0 spiro atoms. The van der Waals surface area contributed by atoms with Crippen molar-refractivity contribution < 1.29 is 9.18 Å². The van der Waals surface area contributed by atoms with Gasteiger partial charge in [0.1, 0.15) is 5.82 Å². The molecule has 0 aromatic heterocycles. The van der Waals surface area contributed by atoms with Crippen molar-refractivity contribution in [3.63, 3.8) is 0 Å². The van der Waals surface area contributed by atoms with E-state index >= 15 is 0 Å². The SMILES string of the molecule is O=C(c1ccccc1F)c1cc(Cl)ccc1CS. The molecule has 18 heavy (non-hydrogen) atoms. The van der Waals surface area contributed by atoms with Gasteiger partial charge in [-0.05, 0) is 29.8 Å². The Morgan fingerprint density at radius 1 is 1.17 bits per heavy atom. The summed E-state index contributed by atoms with van der Waals surface area (Å²) in [6.45, 7) is 0. The van der Waals surface area contributed by atoms with E-state index in [1.54, 1.807) is 30.3 Å². The number of thiol groups is 1. The third-order valence-corrected chi connectivity index (χ3v) is 3.18. The first-order valence-corrected chi connectivity index (χ1v) is 6.33. The number of hydrogen-bond donors (Lipinski definition) is 1. The third kappa shape index (κ3) is 2.57. The summed E-state index contributed by atoms with van der Waals surface area (Å²) < 4.78 is 13.6. The molecule has 0 fully saturated rings. The summed E-state index contributed by atoms with van der Waals surface area (Å²) in [7, 11) is 0. The Hall–Kier alpha value is -1.32. The molecule has 2 rings (SSSR count). The molecule has 2 aromatic rings. The van der Waals surface area contributed by atoms with Crippen molar-refractivity contribution in [2.75, 3.05) is 0 Å². The van der Waals surface area contributed by atoms with E-state index in [-0.39, 0.29) is 11.3 Å². The van der Waals surface area contributed by atoms with Crippen LogP contribution in [0, 0.1) is 5.82 Å². The van der Waals surface area contributed by atoms with Crippen LogP contribution in [0.15, 0.2) is 42.5 Å². The van der Waals surface area contributed by atoms with Crippen molar-refractivity contribution in [2.24, 2.45) is 0 Å². The van der Waals surface area contributed by atoms with Crippen molar-refractivity contribution in [1.29, 1.82) is 0 Å². The van der Waals surface area contributed by atoms with Gasteiger partial charge in [-0.3, -0.25) is 4.79 Å². The van der Waals surface area contributed by atoms with Gasteiger partial charge in [0.15, 0.2) is 5.78 Å². The molecule has 0 bridgehead atoms. The second-order valence-corrected chi connectivity index (χ2v) is 4.52. The predicted octanol–water partition coefficient (Wildman–Crippen LogP) is 4.14. The largest absolute Gasteiger partial charge is 0.288 e. The molecule has 0 unspecified atom stereocenters. The monoisotopic (exact) mass is 280 g/mol. The lowest BCUT2D eigenvalue weighted by Gasteiger charge is -2.08. The molecule has 2 aromatic carbocycles. The standard InChI is InChI=1S/C14H10ClFOS/c15-10-6-5-9(8-18)12(7-10)14(17)11-3-1-2-4-13(11)16/h1-7,18H,8H2. The van der Waals surface area contributed by atoms with Crippen molar-refractivity contribution in [2.45, 2.75) is 5.75 Å². The molecule has 1 nitrogen and oxygen atoms in total. The Balaban J connectivity index is 2.52. The van der Waals surface area contributed by atoms with Gasteiger partial charge in [-0.25, -0.2) is 4.39 Å². The Kier molecular flexibility index (Phi) is 4.04. The Labute approximate surface area is 115 Å². The summed E-state index contributed by atoms with van der Waals surface area (Å²) in [5, 5.41) is 0.445.